The van der Waals surface area contributed by atoms with Crippen molar-refractivity contribution >= 4 is 0 Å². The third-order valence-corrected chi connectivity index (χ3v) is 6.98. The smallest absolute Gasteiger partial charge is 0.0601 e. The first-order chi connectivity index (χ1) is 16.2. The summed E-state index contributed by atoms with van der Waals surface area (Å²) in [5.74, 6) is 0.584. The summed E-state index contributed by atoms with van der Waals surface area (Å²) in [5, 5.41) is 6.77. The zero-order valence-corrected chi connectivity index (χ0v) is 20.6. The molecule has 0 bridgehead atoms. The molecule has 178 valence electrons. The predicted molar refractivity (Wildman–Crippen MR) is 142 cm³/mol. The molecule has 3 nitrogen and oxygen atoms in total. The van der Waals surface area contributed by atoms with E-state index in [0.717, 1.165) is 31.8 Å². The topological polar surface area (TPSA) is 27.3 Å². The van der Waals surface area contributed by atoms with Crippen LogP contribution in [0.5, 0.6) is 0 Å². The minimum absolute atomic E-state index is 0.333. The van der Waals surface area contributed by atoms with Crippen molar-refractivity contribution in [2.75, 3.05) is 26.7 Å². The molecule has 1 aliphatic rings. The molecule has 1 fully saturated rings. The summed E-state index contributed by atoms with van der Waals surface area (Å²) in [4.78, 5) is 2.65. The van der Waals surface area contributed by atoms with Gasteiger partial charge in [0.2, 0.25) is 0 Å². The molecular formula is C30H43N3. The van der Waals surface area contributed by atoms with Crippen molar-refractivity contribution in [1.29, 1.82) is 0 Å². The largest absolute Gasteiger partial charge is 0.392 e. The Hall–Kier alpha value is -2.52. The van der Waals surface area contributed by atoms with Crippen LogP contribution in [-0.4, -0.2) is 31.6 Å². The average Bonchev–Trinajstić information content (AvgIpc) is 2.87. The fourth-order valence-corrected chi connectivity index (χ4v) is 4.90. The fraction of sp³-hybridized carbons (Fsp3) is 0.467. The van der Waals surface area contributed by atoms with Crippen LogP contribution in [0.25, 0.3) is 0 Å². The molecule has 3 heteroatoms. The van der Waals surface area contributed by atoms with Crippen molar-refractivity contribution in [3.8, 4) is 0 Å². The van der Waals surface area contributed by atoms with E-state index in [4.69, 9.17) is 0 Å². The molecule has 0 aliphatic carbocycles. The maximum atomic E-state index is 4.39. The molecule has 0 amide bonds. The first-order valence-corrected chi connectivity index (χ1v) is 12.8. The van der Waals surface area contributed by atoms with E-state index in [0.29, 0.717) is 12.0 Å². The predicted octanol–water partition coefficient (Wildman–Crippen LogP) is 6.67. The Bertz CT molecular complexity index is 783. The summed E-state index contributed by atoms with van der Waals surface area (Å²) in [6, 6.07) is 22.2. The molecule has 0 radical (unpaired) electrons. The lowest BCUT2D eigenvalue weighted by atomic mass is 9.90. The molecule has 2 aromatic rings. The lowest BCUT2D eigenvalue weighted by molar-refractivity contribution is 0.160. The third kappa shape index (κ3) is 8.08. The van der Waals surface area contributed by atoms with Crippen LogP contribution in [0.1, 0.15) is 68.5 Å². The monoisotopic (exact) mass is 445 g/mol. The third-order valence-electron chi connectivity index (χ3n) is 6.98. The van der Waals surface area contributed by atoms with Crippen LogP contribution in [0.2, 0.25) is 0 Å². The Morgan fingerprint density at radius 2 is 1.39 bits per heavy atom. The molecule has 2 N–H and O–H groups in total. The van der Waals surface area contributed by atoms with Crippen LogP contribution in [0.3, 0.4) is 0 Å². The number of nitrogens with one attached hydrogen (secondary N) is 2. The van der Waals surface area contributed by atoms with Crippen molar-refractivity contribution in [3.63, 3.8) is 0 Å². The second-order valence-electron chi connectivity index (χ2n) is 9.36. The molecule has 33 heavy (non-hydrogen) atoms. The first kappa shape index (κ1) is 25.1. The van der Waals surface area contributed by atoms with Gasteiger partial charge in [0.05, 0.1) is 6.04 Å². The number of likely N-dealkylation sites (tertiary alicyclic amines) is 1. The number of allylic oxidation sites excluding steroid dienone is 2. The van der Waals surface area contributed by atoms with Gasteiger partial charge in [-0.1, -0.05) is 93.1 Å². The van der Waals surface area contributed by atoms with E-state index in [2.05, 4.69) is 89.4 Å². The van der Waals surface area contributed by atoms with E-state index in [-0.39, 0.29) is 0 Å². The second-order valence-corrected chi connectivity index (χ2v) is 9.36. The Labute approximate surface area is 202 Å². The number of hydrogen-bond acceptors (Lipinski definition) is 3. The average molecular weight is 446 g/mol. The molecular weight excluding hydrogens is 402 g/mol. The van der Waals surface area contributed by atoms with Crippen molar-refractivity contribution < 1.29 is 0 Å². The summed E-state index contributed by atoms with van der Waals surface area (Å²) in [6.07, 6.45) is 9.82. The highest BCUT2D eigenvalue weighted by Gasteiger charge is 2.28. The summed E-state index contributed by atoms with van der Waals surface area (Å²) < 4.78 is 0. The number of piperidine rings is 1. The molecule has 2 aromatic carbocycles. The second kappa shape index (κ2) is 13.9. The van der Waals surface area contributed by atoms with E-state index in [1.165, 1.54) is 61.8 Å². The maximum absolute atomic E-state index is 4.39. The van der Waals surface area contributed by atoms with E-state index in [9.17, 15) is 0 Å². The maximum Gasteiger partial charge on any atom is 0.0601 e. The van der Waals surface area contributed by atoms with Crippen LogP contribution in [0, 0.1) is 5.92 Å². The molecule has 0 spiro atoms. The van der Waals surface area contributed by atoms with E-state index in [1.807, 2.05) is 7.05 Å². The minimum atomic E-state index is 0.333. The van der Waals surface area contributed by atoms with Crippen LogP contribution in [-0.2, 0) is 0 Å². The first-order valence-electron chi connectivity index (χ1n) is 12.8. The molecule has 0 saturated carbocycles. The van der Waals surface area contributed by atoms with Crippen molar-refractivity contribution in [3.05, 3.63) is 96.3 Å². The fourth-order valence-electron chi connectivity index (χ4n) is 4.90. The lowest BCUT2D eigenvalue weighted by Crippen LogP contribution is -2.39. The molecule has 1 heterocycles. The van der Waals surface area contributed by atoms with Gasteiger partial charge in [0.15, 0.2) is 0 Å². The standard InChI is InChI=1S/C30H43N3/c1-25(31-3)15-9-5-4-6-14-22-32-26(2)27-20-23-33(24-21-27)30(28-16-10-7-11-17-28)29-18-12-8-13-19-29/h7-8,10-13,16-19,27,30-32H,1-2,4-6,9,14-15,20-24H2,3H3. The highest BCUT2D eigenvalue weighted by atomic mass is 15.2. The summed E-state index contributed by atoms with van der Waals surface area (Å²) in [6.45, 7) is 11.7. The Morgan fingerprint density at radius 3 is 1.97 bits per heavy atom. The Morgan fingerprint density at radius 1 is 0.848 bits per heavy atom. The van der Waals surface area contributed by atoms with Crippen molar-refractivity contribution in [1.82, 2.24) is 15.5 Å². The zero-order chi connectivity index (χ0) is 23.3. The van der Waals surface area contributed by atoms with E-state index in [1.54, 1.807) is 0 Å². The molecule has 1 aliphatic heterocycles. The van der Waals surface area contributed by atoms with Crippen molar-refractivity contribution in [2.45, 2.75) is 57.4 Å². The van der Waals surface area contributed by atoms with E-state index >= 15 is 0 Å². The van der Waals surface area contributed by atoms with Gasteiger partial charge in [-0.25, -0.2) is 0 Å². The van der Waals surface area contributed by atoms with Crippen LogP contribution >= 0.6 is 0 Å². The molecule has 1 saturated heterocycles. The van der Waals surface area contributed by atoms with E-state index < -0.39 is 0 Å². The molecule has 0 aromatic heterocycles. The van der Waals surface area contributed by atoms with Crippen LogP contribution < -0.4 is 10.6 Å². The van der Waals surface area contributed by atoms with Gasteiger partial charge < -0.3 is 10.6 Å². The van der Waals surface area contributed by atoms with Gasteiger partial charge in [-0.3, -0.25) is 4.90 Å². The van der Waals surface area contributed by atoms with Gasteiger partial charge in [0.25, 0.3) is 0 Å². The van der Waals surface area contributed by atoms with Gasteiger partial charge in [0.1, 0.15) is 0 Å². The highest BCUT2D eigenvalue weighted by molar-refractivity contribution is 5.32. The number of benzene rings is 2. The number of hydrogen-bond donors (Lipinski definition) is 2. The summed E-state index contributed by atoms with van der Waals surface area (Å²) in [7, 11) is 1.95. The van der Waals surface area contributed by atoms with Gasteiger partial charge in [0, 0.05) is 30.9 Å². The van der Waals surface area contributed by atoms with Gasteiger partial charge in [-0.2, -0.15) is 0 Å². The normalized spacial score (nSPS) is 14.8. The van der Waals surface area contributed by atoms with Gasteiger partial charge in [-0.05, 0) is 56.3 Å². The number of unbranched alkanes of at least 4 members (excludes halogenated alkanes) is 4. The number of nitrogens with zero attached hydrogens (tertiary/aromatic N) is 1. The molecule has 0 unspecified atom stereocenters. The zero-order valence-electron chi connectivity index (χ0n) is 20.6. The lowest BCUT2D eigenvalue weighted by Gasteiger charge is -2.38. The molecule has 3 rings (SSSR count). The highest BCUT2D eigenvalue weighted by Crippen LogP contribution is 2.33. The Balaban J connectivity index is 1.39. The van der Waals surface area contributed by atoms with Crippen molar-refractivity contribution in [2.24, 2.45) is 5.92 Å². The quantitative estimate of drug-likeness (QED) is 0.318. The van der Waals surface area contributed by atoms with Crippen LogP contribution in [0.4, 0.5) is 0 Å². The summed E-state index contributed by atoms with van der Waals surface area (Å²) >= 11 is 0. The van der Waals surface area contributed by atoms with Crippen LogP contribution in [0.15, 0.2) is 85.2 Å². The summed E-state index contributed by atoms with van der Waals surface area (Å²) in [5.41, 5.74) is 5.16. The minimum Gasteiger partial charge on any atom is -0.392 e. The number of rotatable bonds is 14. The Kier molecular flexibility index (Phi) is 10.6. The van der Waals surface area contributed by atoms with Gasteiger partial charge >= 0.3 is 0 Å². The van der Waals surface area contributed by atoms with Gasteiger partial charge in [-0.15, -0.1) is 0 Å². The SMILES string of the molecule is C=C(CCCCCCCNC(=C)C1CCN(C(c2ccccc2)c2ccccc2)CC1)NC. The molecule has 0 atom stereocenters.